The van der Waals surface area contributed by atoms with Crippen LogP contribution in [-0.4, -0.2) is 119 Å². The van der Waals surface area contributed by atoms with Crippen LogP contribution in [0.5, 0.6) is 0 Å². The number of piperazine rings is 1. The average Bonchev–Trinajstić information content (AvgIpc) is 2.87. The van der Waals surface area contributed by atoms with E-state index in [0.717, 1.165) is 4.57 Å². The highest BCUT2D eigenvalue weighted by atomic mass is 16.5. The number of hydrogen-bond donors (Lipinski definition) is 8. The van der Waals surface area contributed by atoms with Crippen molar-refractivity contribution in [3.8, 4) is 0 Å². The summed E-state index contributed by atoms with van der Waals surface area (Å²) in [7, 11) is 1.57. The Morgan fingerprint density at radius 3 is 2.59 bits per heavy atom. The SMILES string of the molecule is CNCC(=O)NC(CCN)C(=O)NC1C(C(=O)N2CCNCC2)OC(n2ccc(N)nc2=O)C(O)C1O. The highest BCUT2D eigenvalue weighted by Crippen LogP contribution is 2.29. The van der Waals surface area contributed by atoms with E-state index >= 15 is 0 Å². The zero-order valence-electron chi connectivity index (χ0n) is 20.5. The first-order valence-electron chi connectivity index (χ1n) is 12.0. The normalized spacial score (nSPS) is 26.8. The number of aliphatic hydroxyl groups is 2. The molecule has 3 heterocycles. The van der Waals surface area contributed by atoms with E-state index in [-0.39, 0.29) is 25.3 Å². The first kappa shape index (κ1) is 28.4. The lowest BCUT2D eigenvalue weighted by Crippen LogP contribution is -2.68. The average molecular weight is 526 g/mol. The Hall–Kier alpha value is -3.15. The molecule has 0 saturated carbocycles. The standard InChI is InChI=1S/C21H35N9O7/c1-24-10-13(31)26-11(2-4-22)18(34)28-14-15(32)16(33)20(30-7-3-12(23)27-21(30)36)37-17(14)19(35)29-8-5-25-6-9-29/h3,7,11,14-17,20,24-25,32-33H,2,4-6,8-10,22H2,1H3,(H,26,31)(H,28,34)(H2,23,27,36). The van der Waals surface area contributed by atoms with Crippen molar-refractivity contribution in [2.24, 2.45) is 5.73 Å². The summed E-state index contributed by atoms with van der Waals surface area (Å²) in [6.45, 7) is 1.79. The third-order valence-corrected chi connectivity index (χ3v) is 6.17. The molecule has 206 valence electrons. The fourth-order valence-corrected chi connectivity index (χ4v) is 4.27. The summed E-state index contributed by atoms with van der Waals surface area (Å²) in [5, 5.41) is 32.8. The van der Waals surface area contributed by atoms with Crippen molar-refractivity contribution in [2.75, 3.05) is 52.0 Å². The van der Waals surface area contributed by atoms with Crippen LogP contribution in [0, 0.1) is 0 Å². The number of anilines is 1. The van der Waals surface area contributed by atoms with Gasteiger partial charge in [-0.25, -0.2) is 4.79 Å². The Balaban J connectivity index is 1.90. The largest absolute Gasteiger partial charge is 0.388 e. The molecule has 0 radical (unpaired) electrons. The van der Waals surface area contributed by atoms with Crippen LogP contribution in [0.25, 0.3) is 0 Å². The predicted octanol–water partition coefficient (Wildman–Crippen LogP) is -5.59. The molecule has 6 unspecified atom stereocenters. The maximum Gasteiger partial charge on any atom is 0.351 e. The molecular formula is C21H35N9O7. The molecule has 0 aromatic carbocycles. The molecule has 0 bridgehead atoms. The van der Waals surface area contributed by atoms with Gasteiger partial charge in [-0.1, -0.05) is 0 Å². The van der Waals surface area contributed by atoms with Crippen molar-refractivity contribution in [3.05, 3.63) is 22.7 Å². The van der Waals surface area contributed by atoms with E-state index in [1.807, 2.05) is 0 Å². The number of aliphatic hydroxyl groups excluding tert-OH is 2. The van der Waals surface area contributed by atoms with Gasteiger partial charge < -0.3 is 52.6 Å². The van der Waals surface area contributed by atoms with Gasteiger partial charge >= 0.3 is 5.69 Å². The molecule has 2 aliphatic heterocycles. The summed E-state index contributed by atoms with van der Waals surface area (Å²) in [5.74, 6) is -1.79. The van der Waals surface area contributed by atoms with Gasteiger partial charge in [-0.05, 0) is 26.1 Å². The molecule has 0 spiro atoms. The Morgan fingerprint density at radius 2 is 1.97 bits per heavy atom. The molecule has 2 aliphatic rings. The quantitative estimate of drug-likeness (QED) is 0.151. The van der Waals surface area contributed by atoms with Crippen LogP contribution in [0.1, 0.15) is 12.6 Å². The minimum absolute atomic E-state index is 0.0433. The van der Waals surface area contributed by atoms with Crippen LogP contribution < -0.4 is 38.4 Å². The molecule has 16 nitrogen and oxygen atoms in total. The van der Waals surface area contributed by atoms with E-state index in [1.54, 1.807) is 7.05 Å². The van der Waals surface area contributed by atoms with Crippen molar-refractivity contribution < 1.29 is 29.3 Å². The van der Waals surface area contributed by atoms with Crippen molar-refractivity contribution in [2.45, 2.75) is 43.0 Å². The molecule has 3 rings (SSSR count). The Bertz CT molecular complexity index is 1020. The number of nitrogen functional groups attached to an aromatic ring is 1. The number of nitrogens with two attached hydrogens (primary N) is 2. The van der Waals surface area contributed by atoms with Crippen LogP contribution in [0.4, 0.5) is 5.82 Å². The topological polar surface area (TPSA) is 239 Å². The molecule has 2 saturated heterocycles. The maximum absolute atomic E-state index is 13.5. The number of ether oxygens (including phenoxy) is 1. The molecule has 6 atom stereocenters. The first-order valence-corrected chi connectivity index (χ1v) is 12.0. The second-order valence-electron chi connectivity index (χ2n) is 8.81. The predicted molar refractivity (Wildman–Crippen MR) is 130 cm³/mol. The van der Waals surface area contributed by atoms with Crippen molar-refractivity contribution in [3.63, 3.8) is 0 Å². The van der Waals surface area contributed by atoms with Crippen LogP contribution in [0.3, 0.4) is 0 Å². The van der Waals surface area contributed by atoms with Gasteiger partial charge in [0.05, 0.1) is 12.6 Å². The fraction of sp³-hybridized carbons (Fsp3) is 0.667. The molecule has 37 heavy (non-hydrogen) atoms. The minimum atomic E-state index is -1.73. The summed E-state index contributed by atoms with van der Waals surface area (Å²) >= 11 is 0. The second-order valence-corrected chi connectivity index (χ2v) is 8.81. The number of amides is 3. The third kappa shape index (κ3) is 6.79. The Morgan fingerprint density at radius 1 is 1.27 bits per heavy atom. The van der Waals surface area contributed by atoms with Crippen molar-refractivity contribution >= 4 is 23.5 Å². The van der Waals surface area contributed by atoms with Gasteiger partial charge in [-0.2, -0.15) is 4.98 Å². The van der Waals surface area contributed by atoms with E-state index in [4.69, 9.17) is 16.2 Å². The summed E-state index contributed by atoms with van der Waals surface area (Å²) < 4.78 is 6.80. The number of nitrogens with one attached hydrogen (secondary N) is 4. The lowest BCUT2D eigenvalue weighted by molar-refractivity contribution is -0.218. The third-order valence-electron chi connectivity index (χ3n) is 6.17. The van der Waals surface area contributed by atoms with Crippen LogP contribution in [-0.2, 0) is 19.1 Å². The van der Waals surface area contributed by atoms with Gasteiger partial charge in [0.1, 0.15) is 24.1 Å². The monoisotopic (exact) mass is 525 g/mol. The molecule has 10 N–H and O–H groups in total. The number of carbonyl (C=O) groups is 3. The van der Waals surface area contributed by atoms with Gasteiger partial charge in [-0.3, -0.25) is 19.0 Å². The zero-order chi connectivity index (χ0) is 27.1. The van der Waals surface area contributed by atoms with Crippen molar-refractivity contribution in [1.82, 2.24) is 35.7 Å². The highest BCUT2D eigenvalue weighted by molar-refractivity contribution is 5.89. The van der Waals surface area contributed by atoms with Gasteiger partial charge in [-0.15, -0.1) is 0 Å². The molecule has 2 fully saturated rings. The lowest BCUT2D eigenvalue weighted by Gasteiger charge is -2.44. The van der Waals surface area contributed by atoms with Crippen LogP contribution in [0.15, 0.2) is 17.1 Å². The van der Waals surface area contributed by atoms with Gasteiger partial charge in [0.15, 0.2) is 12.3 Å². The van der Waals surface area contributed by atoms with E-state index in [9.17, 15) is 29.4 Å². The number of hydrogen-bond acceptors (Lipinski definition) is 12. The van der Waals surface area contributed by atoms with Gasteiger partial charge in [0, 0.05) is 32.4 Å². The molecule has 3 amide bonds. The summed E-state index contributed by atoms with van der Waals surface area (Å²) in [6, 6.07) is -1.16. The van der Waals surface area contributed by atoms with E-state index < -0.39 is 60.0 Å². The smallest absolute Gasteiger partial charge is 0.351 e. The van der Waals surface area contributed by atoms with Gasteiger partial charge in [0.25, 0.3) is 5.91 Å². The summed E-state index contributed by atoms with van der Waals surface area (Å²) in [4.78, 5) is 56.2. The first-order chi connectivity index (χ1) is 17.7. The van der Waals surface area contributed by atoms with Crippen molar-refractivity contribution in [1.29, 1.82) is 0 Å². The van der Waals surface area contributed by atoms with E-state index in [2.05, 4.69) is 26.3 Å². The van der Waals surface area contributed by atoms with E-state index in [0.29, 0.717) is 26.2 Å². The molecule has 1 aromatic rings. The number of nitrogens with zero attached hydrogens (tertiary/aromatic N) is 3. The molecule has 1 aromatic heterocycles. The number of aromatic nitrogens is 2. The zero-order valence-corrected chi connectivity index (χ0v) is 20.5. The van der Waals surface area contributed by atoms with E-state index in [1.165, 1.54) is 17.2 Å². The molecule has 16 heteroatoms. The number of likely N-dealkylation sites (N-methyl/N-ethyl adjacent to an activating group) is 1. The fourth-order valence-electron chi connectivity index (χ4n) is 4.27. The second kappa shape index (κ2) is 12.9. The minimum Gasteiger partial charge on any atom is -0.388 e. The van der Waals surface area contributed by atoms with Crippen LogP contribution in [0.2, 0.25) is 0 Å². The molecule has 0 aliphatic carbocycles. The van der Waals surface area contributed by atoms with Crippen LogP contribution >= 0.6 is 0 Å². The number of carbonyl (C=O) groups excluding carboxylic acids is 3. The van der Waals surface area contributed by atoms with Gasteiger partial charge in [0.2, 0.25) is 11.8 Å². The number of rotatable bonds is 9. The summed E-state index contributed by atoms with van der Waals surface area (Å²) in [6.07, 6.45) is -5.11. The summed E-state index contributed by atoms with van der Waals surface area (Å²) in [5.41, 5.74) is 10.3. The lowest BCUT2D eigenvalue weighted by atomic mass is 9.93. The molecular weight excluding hydrogens is 490 g/mol. The Labute approximate surface area is 212 Å². The highest BCUT2D eigenvalue weighted by Gasteiger charge is 2.50. The maximum atomic E-state index is 13.5. The Kier molecular flexibility index (Phi) is 9.90.